The fourth-order valence-corrected chi connectivity index (χ4v) is 5.81. The first kappa shape index (κ1) is 19.8. The number of rotatable bonds is 2. The highest BCUT2D eigenvalue weighted by Gasteiger charge is 2.44. The molecule has 3 aliphatic rings. The largest absolute Gasteiger partial charge is 0.198 e. The summed E-state index contributed by atoms with van der Waals surface area (Å²) in [5, 5.41) is 9.94. The van der Waals surface area contributed by atoms with Crippen molar-refractivity contribution >= 4 is 0 Å². The third-order valence-corrected chi connectivity index (χ3v) is 7.67. The molecule has 0 heterocycles. The zero-order valence-electron chi connectivity index (χ0n) is 16.8. The molecular weight excluding hydrogens is 290 g/mol. The van der Waals surface area contributed by atoms with Gasteiger partial charge in [-0.1, -0.05) is 53.4 Å². The SMILES string of the molecule is CC.CC1CCC(C2CCC(C#N)(C3CCC(C)CC3)CC2)CC1. The Balaban J connectivity index is 0.00000100. The molecule has 3 rings (SSSR count). The first-order valence-electron chi connectivity index (χ1n) is 11.0. The lowest BCUT2D eigenvalue weighted by Gasteiger charge is -2.45. The van der Waals surface area contributed by atoms with E-state index in [1.54, 1.807) is 0 Å². The van der Waals surface area contributed by atoms with E-state index in [-0.39, 0.29) is 5.41 Å². The normalized spacial score (nSPS) is 43.2. The summed E-state index contributed by atoms with van der Waals surface area (Å²) in [6, 6.07) is 2.83. The molecule has 3 saturated carbocycles. The summed E-state index contributed by atoms with van der Waals surface area (Å²) < 4.78 is 0. The van der Waals surface area contributed by atoms with Gasteiger partial charge in [0.05, 0.1) is 11.5 Å². The van der Waals surface area contributed by atoms with Crippen molar-refractivity contribution in [2.75, 3.05) is 0 Å². The van der Waals surface area contributed by atoms with E-state index in [0.29, 0.717) is 5.92 Å². The number of nitrogens with zero attached hydrogens (tertiary/aromatic N) is 1. The van der Waals surface area contributed by atoms with Crippen LogP contribution in [0, 0.1) is 46.3 Å². The molecule has 0 N–H and O–H groups in total. The van der Waals surface area contributed by atoms with Gasteiger partial charge in [-0.3, -0.25) is 0 Å². The van der Waals surface area contributed by atoms with Crippen LogP contribution in [0.15, 0.2) is 0 Å². The average Bonchev–Trinajstić information content (AvgIpc) is 2.65. The van der Waals surface area contributed by atoms with Crippen LogP contribution in [-0.2, 0) is 0 Å². The third-order valence-electron chi connectivity index (χ3n) is 7.67. The minimum atomic E-state index is 0.0542. The van der Waals surface area contributed by atoms with Gasteiger partial charge < -0.3 is 0 Å². The summed E-state index contributed by atoms with van der Waals surface area (Å²) in [5.41, 5.74) is 0.0542. The molecular formula is C23H41N. The first-order valence-corrected chi connectivity index (χ1v) is 11.0. The summed E-state index contributed by atoms with van der Waals surface area (Å²) >= 11 is 0. The lowest BCUT2D eigenvalue weighted by atomic mass is 9.58. The molecule has 0 bridgehead atoms. The van der Waals surface area contributed by atoms with Gasteiger partial charge in [0, 0.05) is 0 Å². The van der Waals surface area contributed by atoms with E-state index in [1.165, 1.54) is 77.0 Å². The van der Waals surface area contributed by atoms with Gasteiger partial charge in [0.25, 0.3) is 0 Å². The molecule has 0 aromatic heterocycles. The van der Waals surface area contributed by atoms with Gasteiger partial charge in [-0.05, 0) is 81.0 Å². The van der Waals surface area contributed by atoms with Crippen molar-refractivity contribution in [3.05, 3.63) is 0 Å². The van der Waals surface area contributed by atoms with Gasteiger partial charge in [-0.25, -0.2) is 0 Å². The summed E-state index contributed by atoms with van der Waals surface area (Å²) in [6.07, 6.45) is 16.3. The Hall–Kier alpha value is -0.510. The molecule has 3 aliphatic carbocycles. The second kappa shape index (κ2) is 9.26. The van der Waals surface area contributed by atoms with Crippen molar-refractivity contribution in [1.29, 1.82) is 5.26 Å². The number of hydrogen-bond donors (Lipinski definition) is 0. The summed E-state index contributed by atoms with van der Waals surface area (Å²) in [5.74, 6) is 4.49. The second-order valence-corrected chi connectivity index (χ2v) is 9.08. The van der Waals surface area contributed by atoms with E-state index in [1.807, 2.05) is 13.8 Å². The molecule has 0 aliphatic heterocycles. The second-order valence-electron chi connectivity index (χ2n) is 9.08. The van der Waals surface area contributed by atoms with Crippen LogP contribution in [0.25, 0.3) is 0 Å². The van der Waals surface area contributed by atoms with Crippen molar-refractivity contribution in [3.8, 4) is 6.07 Å². The Bertz CT molecular complexity index is 383. The van der Waals surface area contributed by atoms with Crippen molar-refractivity contribution in [3.63, 3.8) is 0 Å². The summed E-state index contributed by atoms with van der Waals surface area (Å²) in [6.45, 7) is 8.80. The van der Waals surface area contributed by atoms with Gasteiger partial charge in [0.1, 0.15) is 0 Å². The zero-order valence-corrected chi connectivity index (χ0v) is 16.8. The highest BCUT2D eigenvalue weighted by Crippen LogP contribution is 2.52. The monoisotopic (exact) mass is 331 g/mol. The number of hydrogen-bond acceptors (Lipinski definition) is 1. The maximum atomic E-state index is 9.94. The van der Waals surface area contributed by atoms with Gasteiger partial charge in [-0.15, -0.1) is 0 Å². The van der Waals surface area contributed by atoms with Gasteiger partial charge in [0.15, 0.2) is 0 Å². The predicted molar refractivity (Wildman–Crippen MR) is 104 cm³/mol. The molecule has 0 aromatic rings. The van der Waals surface area contributed by atoms with Gasteiger partial charge >= 0.3 is 0 Å². The summed E-state index contributed by atoms with van der Waals surface area (Å²) in [7, 11) is 0. The molecule has 1 nitrogen and oxygen atoms in total. The minimum Gasteiger partial charge on any atom is -0.198 e. The Kier molecular flexibility index (Phi) is 7.64. The van der Waals surface area contributed by atoms with Crippen LogP contribution in [0.5, 0.6) is 0 Å². The first-order chi connectivity index (χ1) is 11.6. The van der Waals surface area contributed by atoms with Crippen LogP contribution in [0.4, 0.5) is 0 Å². The topological polar surface area (TPSA) is 23.8 Å². The van der Waals surface area contributed by atoms with Crippen LogP contribution in [0.3, 0.4) is 0 Å². The highest BCUT2D eigenvalue weighted by atomic mass is 14.5. The van der Waals surface area contributed by atoms with E-state index < -0.39 is 0 Å². The van der Waals surface area contributed by atoms with Crippen molar-refractivity contribution < 1.29 is 0 Å². The smallest absolute Gasteiger partial charge is 0.0692 e. The Morgan fingerprint density at radius 1 is 0.667 bits per heavy atom. The fraction of sp³-hybridized carbons (Fsp3) is 0.957. The third kappa shape index (κ3) is 4.56. The summed E-state index contributed by atoms with van der Waals surface area (Å²) in [4.78, 5) is 0. The fourth-order valence-electron chi connectivity index (χ4n) is 5.81. The molecule has 138 valence electrons. The maximum Gasteiger partial charge on any atom is 0.0692 e. The maximum absolute atomic E-state index is 9.94. The van der Waals surface area contributed by atoms with Crippen LogP contribution < -0.4 is 0 Å². The Morgan fingerprint density at radius 2 is 1.08 bits per heavy atom. The molecule has 0 saturated heterocycles. The van der Waals surface area contributed by atoms with E-state index in [4.69, 9.17) is 0 Å². The van der Waals surface area contributed by atoms with Crippen LogP contribution in [-0.4, -0.2) is 0 Å². The molecule has 0 aromatic carbocycles. The van der Waals surface area contributed by atoms with Gasteiger partial charge in [-0.2, -0.15) is 5.26 Å². The molecule has 0 atom stereocenters. The molecule has 24 heavy (non-hydrogen) atoms. The molecule has 1 heteroatoms. The van der Waals surface area contributed by atoms with Crippen LogP contribution >= 0.6 is 0 Å². The Labute approximate surface area is 151 Å². The van der Waals surface area contributed by atoms with E-state index in [9.17, 15) is 5.26 Å². The van der Waals surface area contributed by atoms with E-state index in [0.717, 1.165) is 23.7 Å². The lowest BCUT2D eigenvalue weighted by Crippen LogP contribution is -2.37. The average molecular weight is 332 g/mol. The quantitative estimate of drug-likeness (QED) is 0.518. The lowest BCUT2D eigenvalue weighted by molar-refractivity contribution is 0.0641. The van der Waals surface area contributed by atoms with Gasteiger partial charge in [0.2, 0.25) is 0 Å². The predicted octanol–water partition coefficient (Wildman–Crippen LogP) is 7.37. The highest BCUT2D eigenvalue weighted by molar-refractivity contribution is 5.06. The van der Waals surface area contributed by atoms with E-state index in [2.05, 4.69) is 19.9 Å². The molecule has 0 radical (unpaired) electrons. The standard InChI is InChI=1S/C21H35N.C2H6/c1-16-3-7-18(8-4-16)19-11-13-21(15-22,14-12-19)20-9-5-17(2)6-10-20;1-2/h16-20H,3-14H2,1-2H3;1-2H3. The molecule has 0 amide bonds. The molecule has 0 spiro atoms. The van der Waals surface area contributed by atoms with Crippen LogP contribution in [0.2, 0.25) is 0 Å². The minimum absolute atomic E-state index is 0.0542. The van der Waals surface area contributed by atoms with Crippen molar-refractivity contribution in [2.45, 2.75) is 105 Å². The van der Waals surface area contributed by atoms with E-state index >= 15 is 0 Å². The molecule has 3 fully saturated rings. The number of nitriles is 1. The van der Waals surface area contributed by atoms with Crippen LogP contribution in [0.1, 0.15) is 105 Å². The Morgan fingerprint density at radius 3 is 1.54 bits per heavy atom. The van der Waals surface area contributed by atoms with Crippen molar-refractivity contribution in [1.82, 2.24) is 0 Å². The molecule has 0 unspecified atom stereocenters. The zero-order chi connectivity index (χ0) is 17.6. The van der Waals surface area contributed by atoms with Crippen molar-refractivity contribution in [2.24, 2.45) is 35.0 Å².